The quantitative estimate of drug-likeness (QED) is 0.545. The molecule has 0 fully saturated rings. The third kappa shape index (κ3) is 4.28. The van der Waals surface area contributed by atoms with Gasteiger partial charge < -0.3 is 9.47 Å². The number of ether oxygens (including phenoxy) is 2. The van der Waals surface area contributed by atoms with Gasteiger partial charge in [-0.2, -0.15) is 0 Å². The Morgan fingerprint density at radius 3 is 2.62 bits per heavy atom. The highest BCUT2D eigenvalue weighted by molar-refractivity contribution is 5.87. The van der Waals surface area contributed by atoms with Crippen LogP contribution in [-0.4, -0.2) is 19.2 Å². The molecule has 86 valence electrons. The van der Waals surface area contributed by atoms with Crippen molar-refractivity contribution in [1.29, 1.82) is 0 Å². The fourth-order valence-corrected chi connectivity index (χ4v) is 1.16. The van der Waals surface area contributed by atoms with E-state index in [1.165, 1.54) is 0 Å². The predicted molar refractivity (Wildman–Crippen MR) is 61.9 cm³/mol. The first-order valence-corrected chi connectivity index (χ1v) is 5.20. The van der Waals surface area contributed by atoms with Crippen molar-refractivity contribution in [3.05, 3.63) is 48.0 Å². The van der Waals surface area contributed by atoms with Crippen LogP contribution in [0.15, 0.2) is 42.5 Å². The number of carbonyl (C=O) groups excluding carboxylic acids is 1. The Morgan fingerprint density at radius 2 is 2.00 bits per heavy atom. The Labute approximate surface area is 95.7 Å². The van der Waals surface area contributed by atoms with E-state index in [0.29, 0.717) is 18.8 Å². The van der Waals surface area contributed by atoms with Crippen molar-refractivity contribution in [3.63, 3.8) is 0 Å². The van der Waals surface area contributed by atoms with E-state index in [1.54, 1.807) is 6.92 Å². The monoisotopic (exact) mass is 220 g/mol. The fraction of sp³-hybridized carbons (Fsp3) is 0.308. The molecule has 0 N–H and O–H groups in total. The van der Waals surface area contributed by atoms with Gasteiger partial charge in [0.1, 0.15) is 0 Å². The summed E-state index contributed by atoms with van der Waals surface area (Å²) in [6, 6.07) is 9.76. The highest BCUT2D eigenvalue weighted by atomic mass is 16.5. The van der Waals surface area contributed by atoms with E-state index >= 15 is 0 Å². The molecular weight excluding hydrogens is 204 g/mol. The number of hydrogen-bond acceptors (Lipinski definition) is 3. The summed E-state index contributed by atoms with van der Waals surface area (Å²) >= 11 is 0. The van der Waals surface area contributed by atoms with E-state index in [2.05, 4.69) is 6.58 Å². The molecule has 1 rings (SSSR count). The summed E-state index contributed by atoms with van der Waals surface area (Å²) in [5.41, 5.74) is 1.41. The highest BCUT2D eigenvalue weighted by Crippen LogP contribution is 2.03. The molecule has 0 aliphatic carbocycles. The molecule has 1 aromatic rings. The summed E-state index contributed by atoms with van der Waals surface area (Å²) in [6.07, 6.45) is 0. The second kappa shape index (κ2) is 6.80. The summed E-state index contributed by atoms with van der Waals surface area (Å²) in [7, 11) is 0. The van der Waals surface area contributed by atoms with Crippen LogP contribution in [0.25, 0.3) is 0 Å². The third-order valence-corrected chi connectivity index (χ3v) is 1.95. The normalized spacial score (nSPS) is 9.81. The molecule has 0 bridgehead atoms. The molecule has 0 atom stereocenters. The van der Waals surface area contributed by atoms with Gasteiger partial charge in [0.15, 0.2) is 0 Å². The number of hydrogen-bond donors (Lipinski definition) is 0. The summed E-state index contributed by atoms with van der Waals surface area (Å²) in [5, 5.41) is 0. The van der Waals surface area contributed by atoms with Gasteiger partial charge in [0.25, 0.3) is 0 Å². The van der Waals surface area contributed by atoms with Gasteiger partial charge in [-0.3, -0.25) is 0 Å². The van der Waals surface area contributed by atoms with E-state index in [4.69, 9.17) is 9.47 Å². The Kier molecular flexibility index (Phi) is 5.29. The molecule has 3 heteroatoms. The zero-order chi connectivity index (χ0) is 11.8. The SMILES string of the molecule is C=C(COCc1ccccc1)C(=O)OCC. The van der Waals surface area contributed by atoms with Crippen LogP contribution in [0.4, 0.5) is 0 Å². The Morgan fingerprint density at radius 1 is 1.31 bits per heavy atom. The first kappa shape index (κ1) is 12.5. The van der Waals surface area contributed by atoms with Crippen molar-refractivity contribution in [2.45, 2.75) is 13.5 Å². The van der Waals surface area contributed by atoms with Crippen LogP contribution in [0.2, 0.25) is 0 Å². The van der Waals surface area contributed by atoms with Gasteiger partial charge in [0, 0.05) is 0 Å². The zero-order valence-electron chi connectivity index (χ0n) is 9.44. The van der Waals surface area contributed by atoms with Crippen LogP contribution in [0.5, 0.6) is 0 Å². The van der Waals surface area contributed by atoms with Crippen molar-refractivity contribution >= 4 is 5.97 Å². The summed E-state index contributed by atoms with van der Waals surface area (Å²) in [5.74, 6) is -0.393. The van der Waals surface area contributed by atoms with E-state index < -0.39 is 5.97 Å². The van der Waals surface area contributed by atoms with Crippen molar-refractivity contribution in [2.24, 2.45) is 0 Å². The summed E-state index contributed by atoms with van der Waals surface area (Å²) < 4.78 is 10.1. The van der Waals surface area contributed by atoms with Gasteiger partial charge in [-0.15, -0.1) is 0 Å². The van der Waals surface area contributed by atoms with Gasteiger partial charge in [-0.05, 0) is 12.5 Å². The molecule has 16 heavy (non-hydrogen) atoms. The lowest BCUT2D eigenvalue weighted by molar-refractivity contribution is -0.139. The molecule has 0 radical (unpaired) electrons. The first-order chi connectivity index (χ1) is 7.74. The number of benzene rings is 1. The van der Waals surface area contributed by atoms with Crippen LogP contribution in [0, 0.1) is 0 Å². The van der Waals surface area contributed by atoms with Crippen LogP contribution >= 0.6 is 0 Å². The van der Waals surface area contributed by atoms with E-state index in [9.17, 15) is 4.79 Å². The fourth-order valence-electron chi connectivity index (χ4n) is 1.16. The standard InChI is InChI=1S/C13H16O3/c1-3-16-13(14)11(2)9-15-10-12-7-5-4-6-8-12/h4-8H,2-3,9-10H2,1H3. The van der Waals surface area contributed by atoms with Gasteiger partial charge in [-0.25, -0.2) is 4.79 Å². The maximum absolute atomic E-state index is 11.2. The van der Waals surface area contributed by atoms with Crippen molar-refractivity contribution in [1.82, 2.24) is 0 Å². The smallest absolute Gasteiger partial charge is 0.335 e. The topological polar surface area (TPSA) is 35.5 Å². The van der Waals surface area contributed by atoms with E-state index in [-0.39, 0.29) is 6.61 Å². The molecule has 0 amide bonds. The van der Waals surface area contributed by atoms with Gasteiger partial charge in [-0.1, -0.05) is 36.9 Å². The molecule has 1 aromatic carbocycles. The largest absolute Gasteiger partial charge is 0.463 e. The van der Waals surface area contributed by atoms with E-state index in [0.717, 1.165) is 5.56 Å². The molecule has 0 heterocycles. The van der Waals surface area contributed by atoms with E-state index in [1.807, 2.05) is 30.3 Å². The highest BCUT2D eigenvalue weighted by Gasteiger charge is 2.07. The lowest BCUT2D eigenvalue weighted by Crippen LogP contribution is -2.11. The predicted octanol–water partition coefficient (Wildman–Crippen LogP) is 2.32. The van der Waals surface area contributed by atoms with Gasteiger partial charge in [0.2, 0.25) is 0 Å². The molecule has 0 saturated carbocycles. The molecule has 0 aromatic heterocycles. The van der Waals surface area contributed by atoms with Crippen molar-refractivity contribution < 1.29 is 14.3 Å². The minimum atomic E-state index is -0.393. The summed E-state index contributed by atoms with van der Waals surface area (Å²) in [6.45, 7) is 6.40. The number of rotatable bonds is 6. The van der Waals surface area contributed by atoms with Crippen LogP contribution in [-0.2, 0) is 20.9 Å². The minimum Gasteiger partial charge on any atom is -0.463 e. The molecule has 3 nitrogen and oxygen atoms in total. The Bertz CT molecular complexity index is 343. The zero-order valence-corrected chi connectivity index (χ0v) is 9.44. The number of carbonyl (C=O) groups is 1. The lowest BCUT2D eigenvalue weighted by atomic mass is 10.2. The number of esters is 1. The van der Waals surface area contributed by atoms with Gasteiger partial charge >= 0.3 is 5.97 Å². The maximum Gasteiger partial charge on any atom is 0.335 e. The second-order valence-corrected chi connectivity index (χ2v) is 3.30. The minimum absolute atomic E-state index is 0.202. The molecular formula is C13H16O3. The molecule has 0 spiro atoms. The summed E-state index contributed by atoms with van der Waals surface area (Å²) in [4.78, 5) is 11.2. The molecule has 0 unspecified atom stereocenters. The molecule has 0 aliphatic heterocycles. The average Bonchev–Trinajstić information content (AvgIpc) is 2.30. The first-order valence-electron chi connectivity index (χ1n) is 5.20. The Balaban J connectivity index is 2.26. The maximum atomic E-state index is 11.2. The molecule has 0 aliphatic rings. The van der Waals surface area contributed by atoms with Gasteiger partial charge in [0.05, 0.1) is 25.4 Å². The van der Waals surface area contributed by atoms with Crippen molar-refractivity contribution in [2.75, 3.05) is 13.2 Å². The van der Waals surface area contributed by atoms with Crippen LogP contribution in [0.3, 0.4) is 0 Å². The van der Waals surface area contributed by atoms with Crippen molar-refractivity contribution in [3.8, 4) is 0 Å². The third-order valence-electron chi connectivity index (χ3n) is 1.95. The molecule has 0 saturated heterocycles. The van der Waals surface area contributed by atoms with Crippen LogP contribution in [0.1, 0.15) is 12.5 Å². The average molecular weight is 220 g/mol. The Hall–Kier alpha value is -1.61. The lowest BCUT2D eigenvalue weighted by Gasteiger charge is -2.06. The van der Waals surface area contributed by atoms with Crippen LogP contribution < -0.4 is 0 Å². The second-order valence-electron chi connectivity index (χ2n) is 3.30.